The first-order valence-electron chi connectivity index (χ1n) is 5.86. The Morgan fingerprint density at radius 3 is 2.21 bits per heavy atom. The molecule has 2 aromatic carbocycles. The zero-order valence-corrected chi connectivity index (χ0v) is 11.2. The monoisotopic (exact) mass is 260 g/mol. The largest absolute Gasteiger partial charge is 0.465 e. The van der Waals surface area contributed by atoms with Crippen molar-refractivity contribution in [2.45, 2.75) is 5.79 Å². The SMILES string of the molecule is COC(=O)C(OC)(OC)c1cccc2ccccc12. The summed E-state index contributed by atoms with van der Waals surface area (Å²) in [5, 5.41) is 1.89. The highest BCUT2D eigenvalue weighted by Gasteiger charge is 2.43. The Bertz CT molecular complexity index is 582. The van der Waals surface area contributed by atoms with E-state index in [1.54, 1.807) is 6.07 Å². The maximum Gasteiger partial charge on any atom is 0.371 e. The highest BCUT2D eigenvalue weighted by Crippen LogP contribution is 2.33. The lowest BCUT2D eigenvalue weighted by molar-refractivity contribution is -0.233. The second-order valence-electron chi connectivity index (χ2n) is 4.04. The van der Waals surface area contributed by atoms with Crippen molar-refractivity contribution >= 4 is 16.7 Å². The van der Waals surface area contributed by atoms with Crippen molar-refractivity contribution in [3.8, 4) is 0 Å². The van der Waals surface area contributed by atoms with Crippen LogP contribution in [-0.4, -0.2) is 27.3 Å². The third-order valence-electron chi connectivity index (χ3n) is 3.17. The summed E-state index contributed by atoms with van der Waals surface area (Å²) in [7, 11) is 4.14. The zero-order valence-electron chi connectivity index (χ0n) is 11.2. The third kappa shape index (κ3) is 2.09. The number of hydrogen-bond donors (Lipinski definition) is 0. The number of hydrogen-bond acceptors (Lipinski definition) is 4. The first-order chi connectivity index (χ1) is 9.19. The van der Waals surface area contributed by atoms with Crippen LogP contribution >= 0.6 is 0 Å². The number of carbonyl (C=O) groups is 1. The van der Waals surface area contributed by atoms with Gasteiger partial charge in [-0.3, -0.25) is 0 Å². The minimum atomic E-state index is -1.55. The molecule has 0 aliphatic rings. The number of esters is 1. The Kier molecular flexibility index (Phi) is 3.83. The molecule has 4 nitrogen and oxygen atoms in total. The quantitative estimate of drug-likeness (QED) is 0.625. The molecule has 2 aromatic rings. The average molecular weight is 260 g/mol. The van der Waals surface area contributed by atoms with Gasteiger partial charge in [0, 0.05) is 19.8 Å². The summed E-state index contributed by atoms with van der Waals surface area (Å²) >= 11 is 0. The van der Waals surface area contributed by atoms with Crippen LogP contribution in [0.2, 0.25) is 0 Å². The molecular weight excluding hydrogens is 244 g/mol. The second-order valence-corrected chi connectivity index (χ2v) is 4.04. The van der Waals surface area contributed by atoms with Crippen molar-refractivity contribution in [3.63, 3.8) is 0 Å². The molecule has 100 valence electrons. The number of ether oxygens (including phenoxy) is 3. The van der Waals surface area contributed by atoms with Gasteiger partial charge in [0.25, 0.3) is 5.79 Å². The summed E-state index contributed by atoms with van der Waals surface area (Å²) in [5.41, 5.74) is 0.627. The molecule has 0 unspecified atom stereocenters. The van der Waals surface area contributed by atoms with Gasteiger partial charge in [-0.2, -0.15) is 0 Å². The van der Waals surface area contributed by atoms with Crippen LogP contribution in [0.5, 0.6) is 0 Å². The summed E-state index contributed by atoms with van der Waals surface area (Å²) in [6.07, 6.45) is 0. The molecule has 0 radical (unpaired) electrons. The number of benzene rings is 2. The van der Waals surface area contributed by atoms with E-state index >= 15 is 0 Å². The molecule has 19 heavy (non-hydrogen) atoms. The summed E-state index contributed by atoms with van der Waals surface area (Å²) < 4.78 is 15.5. The Hall–Kier alpha value is -1.91. The summed E-state index contributed by atoms with van der Waals surface area (Å²) in [4.78, 5) is 12.1. The van der Waals surface area contributed by atoms with Crippen molar-refractivity contribution in [1.82, 2.24) is 0 Å². The zero-order chi connectivity index (χ0) is 13.9. The molecule has 0 saturated carbocycles. The highest BCUT2D eigenvalue weighted by atomic mass is 16.7. The highest BCUT2D eigenvalue weighted by molar-refractivity contribution is 5.92. The Morgan fingerprint density at radius 1 is 0.947 bits per heavy atom. The summed E-state index contributed by atoms with van der Waals surface area (Å²) in [6.45, 7) is 0. The van der Waals surface area contributed by atoms with E-state index in [-0.39, 0.29) is 0 Å². The fraction of sp³-hybridized carbons (Fsp3) is 0.267. The van der Waals surface area contributed by atoms with Crippen LogP contribution in [-0.2, 0) is 24.8 Å². The van der Waals surface area contributed by atoms with Gasteiger partial charge in [-0.05, 0) is 10.8 Å². The number of methoxy groups -OCH3 is 3. The van der Waals surface area contributed by atoms with E-state index in [0.717, 1.165) is 10.8 Å². The van der Waals surface area contributed by atoms with E-state index in [4.69, 9.17) is 14.2 Å². The van der Waals surface area contributed by atoms with Crippen LogP contribution in [0.25, 0.3) is 10.8 Å². The van der Waals surface area contributed by atoms with Crippen molar-refractivity contribution in [1.29, 1.82) is 0 Å². The van der Waals surface area contributed by atoms with Gasteiger partial charge in [-0.1, -0.05) is 42.5 Å². The van der Waals surface area contributed by atoms with Crippen LogP contribution < -0.4 is 0 Å². The van der Waals surface area contributed by atoms with Gasteiger partial charge in [0.2, 0.25) is 0 Å². The fourth-order valence-corrected chi connectivity index (χ4v) is 2.23. The first kappa shape index (κ1) is 13.5. The third-order valence-corrected chi connectivity index (χ3v) is 3.17. The average Bonchev–Trinajstić information content (AvgIpc) is 2.49. The van der Waals surface area contributed by atoms with Gasteiger partial charge in [0.05, 0.1) is 7.11 Å². The molecule has 0 saturated heterocycles. The maximum absolute atomic E-state index is 12.1. The lowest BCUT2D eigenvalue weighted by atomic mass is 9.97. The van der Waals surface area contributed by atoms with Gasteiger partial charge in [-0.25, -0.2) is 4.79 Å². The van der Waals surface area contributed by atoms with Crippen LogP contribution in [0.1, 0.15) is 5.56 Å². The number of fused-ring (bicyclic) bond motifs is 1. The van der Waals surface area contributed by atoms with Crippen molar-refractivity contribution in [3.05, 3.63) is 48.0 Å². The molecule has 0 bridgehead atoms. The normalized spacial score (nSPS) is 11.5. The molecule has 0 atom stereocenters. The van der Waals surface area contributed by atoms with Gasteiger partial charge in [0.1, 0.15) is 0 Å². The lowest BCUT2D eigenvalue weighted by Gasteiger charge is -2.29. The minimum absolute atomic E-state index is 0.589. The Labute approximate surface area is 111 Å². The van der Waals surface area contributed by atoms with Crippen LogP contribution in [0.3, 0.4) is 0 Å². The lowest BCUT2D eigenvalue weighted by Crippen LogP contribution is -2.41. The fourth-order valence-electron chi connectivity index (χ4n) is 2.23. The standard InChI is InChI=1S/C15H16O4/c1-17-14(16)15(18-2,19-3)13-10-6-8-11-7-4-5-9-12(11)13/h4-10H,1-3H3. The van der Waals surface area contributed by atoms with E-state index in [9.17, 15) is 4.79 Å². The molecule has 2 rings (SSSR count). The number of carbonyl (C=O) groups excluding carboxylic acids is 1. The second kappa shape index (κ2) is 5.38. The molecule has 0 N–H and O–H groups in total. The Morgan fingerprint density at radius 2 is 1.58 bits per heavy atom. The molecule has 0 aliphatic heterocycles. The molecular formula is C15H16O4. The maximum atomic E-state index is 12.1. The van der Waals surface area contributed by atoms with Crippen LogP contribution in [0.4, 0.5) is 0 Å². The van der Waals surface area contributed by atoms with Crippen molar-refractivity contribution in [2.24, 2.45) is 0 Å². The van der Waals surface area contributed by atoms with Gasteiger partial charge < -0.3 is 14.2 Å². The van der Waals surface area contributed by atoms with Crippen molar-refractivity contribution in [2.75, 3.05) is 21.3 Å². The summed E-state index contributed by atoms with van der Waals surface area (Å²) in [6, 6.07) is 13.3. The predicted molar refractivity (Wildman–Crippen MR) is 71.7 cm³/mol. The molecule has 4 heteroatoms. The molecule has 0 aromatic heterocycles. The smallest absolute Gasteiger partial charge is 0.371 e. The Balaban J connectivity index is 2.73. The number of rotatable bonds is 4. The first-order valence-corrected chi connectivity index (χ1v) is 5.86. The topological polar surface area (TPSA) is 44.8 Å². The minimum Gasteiger partial charge on any atom is -0.465 e. The van der Waals surface area contributed by atoms with Crippen LogP contribution in [0, 0.1) is 0 Å². The van der Waals surface area contributed by atoms with E-state index in [1.807, 2.05) is 36.4 Å². The molecule has 0 fully saturated rings. The molecule has 0 heterocycles. The van der Waals surface area contributed by atoms with E-state index in [1.165, 1.54) is 21.3 Å². The van der Waals surface area contributed by atoms with Crippen LogP contribution in [0.15, 0.2) is 42.5 Å². The molecule has 0 aliphatic carbocycles. The van der Waals surface area contributed by atoms with E-state index < -0.39 is 11.8 Å². The van der Waals surface area contributed by atoms with Crippen molar-refractivity contribution < 1.29 is 19.0 Å². The van der Waals surface area contributed by atoms with Gasteiger partial charge >= 0.3 is 5.97 Å². The molecule has 0 amide bonds. The van der Waals surface area contributed by atoms with E-state index in [2.05, 4.69) is 0 Å². The molecule has 0 spiro atoms. The van der Waals surface area contributed by atoms with Gasteiger partial charge in [0.15, 0.2) is 0 Å². The van der Waals surface area contributed by atoms with Gasteiger partial charge in [-0.15, -0.1) is 0 Å². The summed E-state index contributed by atoms with van der Waals surface area (Å²) in [5.74, 6) is -2.14. The van der Waals surface area contributed by atoms with E-state index in [0.29, 0.717) is 5.56 Å². The predicted octanol–water partition coefficient (Wildman–Crippen LogP) is 2.46.